The predicted molar refractivity (Wildman–Crippen MR) is 132 cm³/mol. The third-order valence-electron chi connectivity index (χ3n) is 5.74. The number of aromatic nitrogens is 4. The summed E-state index contributed by atoms with van der Waals surface area (Å²) in [5.74, 6) is 0.404. The number of halogens is 1. The fourth-order valence-corrected chi connectivity index (χ4v) is 4.21. The van der Waals surface area contributed by atoms with E-state index in [4.69, 9.17) is 11.6 Å². The van der Waals surface area contributed by atoms with Crippen LogP contribution in [0.4, 0.5) is 17.3 Å². The summed E-state index contributed by atoms with van der Waals surface area (Å²) in [5.41, 5.74) is 3.27. The van der Waals surface area contributed by atoms with Crippen molar-refractivity contribution in [3.05, 3.63) is 75.8 Å². The monoisotopic (exact) mass is 461 g/mol. The van der Waals surface area contributed by atoms with Crippen LogP contribution in [0.15, 0.2) is 59.5 Å². The number of nitrogens with zero attached hydrogens (tertiary/aromatic N) is 4. The number of nitrogens with one attached hydrogen (secondary N) is 3. The van der Waals surface area contributed by atoms with Gasteiger partial charge in [-0.1, -0.05) is 23.7 Å². The molecule has 3 N–H and O–H groups in total. The molecule has 9 heteroatoms. The third-order valence-corrected chi connectivity index (χ3v) is 6.06. The van der Waals surface area contributed by atoms with Crippen LogP contribution in [-0.2, 0) is 0 Å². The van der Waals surface area contributed by atoms with Crippen LogP contribution in [0, 0.1) is 6.92 Å². The van der Waals surface area contributed by atoms with Gasteiger partial charge in [-0.05, 0) is 69.3 Å². The van der Waals surface area contributed by atoms with Crippen molar-refractivity contribution >= 4 is 39.8 Å². The number of para-hydroxylation sites is 1. The maximum absolute atomic E-state index is 13.0. The fourth-order valence-electron chi connectivity index (χ4n) is 4.00. The molecule has 0 saturated carbocycles. The second kappa shape index (κ2) is 9.17. The van der Waals surface area contributed by atoms with Crippen molar-refractivity contribution in [3.8, 4) is 5.69 Å². The molecular formula is C24H24ClN7O. The molecule has 1 aliphatic heterocycles. The summed E-state index contributed by atoms with van der Waals surface area (Å²) in [6, 6.07) is 15.6. The quantitative estimate of drug-likeness (QED) is 0.412. The first-order valence-corrected chi connectivity index (χ1v) is 11.3. The van der Waals surface area contributed by atoms with E-state index in [-0.39, 0.29) is 5.56 Å². The van der Waals surface area contributed by atoms with Gasteiger partial charge in [0, 0.05) is 23.6 Å². The molecule has 1 saturated heterocycles. The minimum absolute atomic E-state index is 0.316. The Labute approximate surface area is 196 Å². The van der Waals surface area contributed by atoms with Gasteiger partial charge in [-0.3, -0.25) is 4.79 Å². The van der Waals surface area contributed by atoms with Gasteiger partial charge >= 0.3 is 0 Å². The lowest BCUT2D eigenvalue weighted by molar-refractivity contribution is 0.479. The summed E-state index contributed by atoms with van der Waals surface area (Å²) < 4.78 is 1.30. The van der Waals surface area contributed by atoms with Crippen LogP contribution in [0.25, 0.3) is 16.6 Å². The summed E-state index contributed by atoms with van der Waals surface area (Å²) >= 11 is 6.27. The van der Waals surface area contributed by atoms with Crippen molar-refractivity contribution in [1.29, 1.82) is 0 Å². The van der Waals surface area contributed by atoms with Crippen LogP contribution >= 0.6 is 11.6 Å². The van der Waals surface area contributed by atoms with Gasteiger partial charge in [0.15, 0.2) is 0 Å². The van der Waals surface area contributed by atoms with Crippen molar-refractivity contribution in [2.24, 2.45) is 0 Å². The van der Waals surface area contributed by atoms with Crippen molar-refractivity contribution in [1.82, 2.24) is 25.1 Å². The standard InChI is InChI=1S/C24H24ClN7O/c1-15-22-19(23(33)32(31-15)21-5-3-2-4-20(21)25)14-27-24(30-22)29-17-8-6-16(7-9-17)28-18-10-12-26-13-11-18/h2-9,14,18,26,28H,10-13H2,1H3,(H,27,29,30). The molecule has 2 aromatic heterocycles. The van der Waals surface area contributed by atoms with Gasteiger partial charge in [-0.15, -0.1) is 0 Å². The molecule has 0 amide bonds. The molecular weight excluding hydrogens is 438 g/mol. The maximum atomic E-state index is 13.0. The molecule has 4 aromatic rings. The van der Waals surface area contributed by atoms with Gasteiger partial charge in [-0.25, -0.2) is 9.97 Å². The predicted octanol–water partition coefficient (Wildman–Crippen LogP) is 4.05. The first-order chi connectivity index (χ1) is 16.1. The lowest BCUT2D eigenvalue weighted by Crippen LogP contribution is -2.35. The molecule has 0 aliphatic carbocycles. The van der Waals surface area contributed by atoms with Crippen LogP contribution in [0.5, 0.6) is 0 Å². The fraction of sp³-hybridized carbons (Fsp3) is 0.250. The first-order valence-electron chi connectivity index (χ1n) is 10.9. The van der Waals surface area contributed by atoms with E-state index < -0.39 is 0 Å². The largest absolute Gasteiger partial charge is 0.382 e. The van der Waals surface area contributed by atoms with E-state index in [1.54, 1.807) is 12.1 Å². The van der Waals surface area contributed by atoms with Crippen molar-refractivity contribution < 1.29 is 0 Å². The number of aryl methyl sites for hydroxylation is 1. The average Bonchev–Trinajstić information content (AvgIpc) is 2.84. The van der Waals surface area contributed by atoms with Crippen LogP contribution < -0.4 is 21.5 Å². The summed E-state index contributed by atoms with van der Waals surface area (Å²) in [6.45, 7) is 3.91. The Balaban J connectivity index is 1.38. The highest BCUT2D eigenvalue weighted by atomic mass is 35.5. The third kappa shape index (κ3) is 4.53. The minimum Gasteiger partial charge on any atom is -0.382 e. The smallest absolute Gasteiger partial charge is 0.282 e. The second-order valence-electron chi connectivity index (χ2n) is 8.08. The van der Waals surface area contributed by atoms with Crippen LogP contribution in [-0.4, -0.2) is 38.9 Å². The number of rotatable bonds is 5. The molecule has 2 aromatic carbocycles. The Kier molecular flexibility index (Phi) is 5.93. The first kappa shape index (κ1) is 21.4. The number of anilines is 3. The molecule has 0 unspecified atom stereocenters. The number of piperidine rings is 1. The SMILES string of the molecule is Cc1nn(-c2ccccc2Cl)c(=O)c2cnc(Nc3ccc(NC4CCNCC4)cc3)nc12. The van der Waals surface area contributed by atoms with E-state index in [0.717, 1.165) is 37.3 Å². The summed E-state index contributed by atoms with van der Waals surface area (Å²) in [4.78, 5) is 21.9. The van der Waals surface area contributed by atoms with Crippen LogP contribution in [0.2, 0.25) is 5.02 Å². The van der Waals surface area contributed by atoms with E-state index >= 15 is 0 Å². The zero-order valence-electron chi connectivity index (χ0n) is 18.2. The van der Waals surface area contributed by atoms with Crippen LogP contribution in [0.1, 0.15) is 18.5 Å². The molecule has 5 rings (SSSR count). The number of benzene rings is 2. The molecule has 33 heavy (non-hydrogen) atoms. The number of hydrogen-bond acceptors (Lipinski definition) is 7. The normalized spacial score (nSPS) is 14.4. The second-order valence-corrected chi connectivity index (χ2v) is 8.49. The molecule has 168 valence electrons. The zero-order chi connectivity index (χ0) is 22.8. The van der Waals surface area contributed by atoms with Gasteiger partial charge in [0.25, 0.3) is 5.56 Å². The summed E-state index contributed by atoms with van der Waals surface area (Å²) in [5, 5.41) is 15.4. The topological polar surface area (TPSA) is 96.8 Å². The van der Waals surface area contributed by atoms with Crippen molar-refractivity contribution in [3.63, 3.8) is 0 Å². The zero-order valence-corrected chi connectivity index (χ0v) is 18.9. The minimum atomic E-state index is -0.316. The van der Waals surface area contributed by atoms with E-state index in [1.165, 1.54) is 10.9 Å². The van der Waals surface area contributed by atoms with Crippen molar-refractivity contribution in [2.45, 2.75) is 25.8 Å². The maximum Gasteiger partial charge on any atom is 0.282 e. The van der Waals surface area contributed by atoms with E-state index in [9.17, 15) is 4.79 Å². The highest BCUT2D eigenvalue weighted by molar-refractivity contribution is 6.32. The lowest BCUT2D eigenvalue weighted by Gasteiger charge is -2.24. The van der Waals surface area contributed by atoms with Gasteiger partial charge in [0.2, 0.25) is 5.95 Å². The van der Waals surface area contributed by atoms with E-state index in [0.29, 0.717) is 39.3 Å². The number of fused-ring (bicyclic) bond motifs is 1. The van der Waals surface area contributed by atoms with E-state index in [2.05, 4.69) is 31.0 Å². The van der Waals surface area contributed by atoms with E-state index in [1.807, 2.05) is 43.3 Å². The molecule has 0 spiro atoms. The van der Waals surface area contributed by atoms with Gasteiger partial charge in [0.1, 0.15) is 5.52 Å². The molecule has 0 atom stereocenters. The highest BCUT2D eigenvalue weighted by Crippen LogP contribution is 2.22. The molecule has 1 fully saturated rings. The Morgan fingerprint density at radius 2 is 1.79 bits per heavy atom. The molecule has 3 heterocycles. The molecule has 0 radical (unpaired) electrons. The molecule has 8 nitrogen and oxygen atoms in total. The average molecular weight is 462 g/mol. The Morgan fingerprint density at radius 3 is 2.55 bits per heavy atom. The number of hydrogen-bond donors (Lipinski definition) is 3. The van der Waals surface area contributed by atoms with Gasteiger partial charge in [-0.2, -0.15) is 9.78 Å². The Hall–Kier alpha value is -3.49. The molecule has 1 aliphatic rings. The highest BCUT2D eigenvalue weighted by Gasteiger charge is 2.15. The summed E-state index contributed by atoms with van der Waals surface area (Å²) in [6.07, 6.45) is 3.77. The Bertz CT molecular complexity index is 1350. The molecule has 0 bridgehead atoms. The lowest BCUT2D eigenvalue weighted by atomic mass is 10.1. The van der Waals surface area contributed by atoms with Gasteiger partial charge in [0.05, 0.1) is 21.8 Å². The summed E-state index contributed by atoms with van der Waals surface area (Å²) in [7, 11) is 0. The van der Waals surface area contributed by atoms with Gasteiger partial charge < -0.3 is 16.0 Å². The Morgan fingerprint density at radius 1 is 1.06 bits per heavy atom. The van der Waals surface area contributed by atoms with Crippen molar-refractivity contribution in [2.75, 3.05) is 23.7 Å². The van der Waals surface area contributed by atoms with Crippen LogP contribution in [0.3, 0.4) is 0 Å².